The van der Waals surface area contributed by atoms with Crippen molar-refractivity contribution in [2.24, 2.45) is 0 Å². The molecule has 0 saturated heterocycles. The van der Waals surface area contributed by atoms with E-state index in [0.29, 0.717) is 0 Å². The number of nitrogens with zero attached hydrogens (tertiary/aromatic N) is 3. The maximum Gasteiger partial charge on any atom is 0.123 e. The summed E-state index contributed by atoms with van der Waals surface area (Å²) in [6, 6.07) is 10.4. The minimum atomic E-state index is -0.158. The van der Waals surface area contributed by atoms with E-state index in [9.17, 15) is 5.26 Å². The normalized spacial score (nSPS) is 12.8. The van der Waals surface area contributed by atoms with Crippen molar-refractivity contribution in [3.63, 3.8) is 0 Å². The maximum atomic E-state index is 9.30. The molecule has 0 fully saturated rings. The van der Waals surface area contributed by atoms with Crippen LogP contribution in [0, 0.1) is 18.3 Å². The van der Waals surface area contributed by atoms with Crippen LogP contribution in [-0.4, -0.2) is 44.0 Å². The zero-order chi connectivity index (χ0) is 12.8. The Morgan fingerprint density at radius 2 is 1.94 bits per heavy atom. The molecule has 92 valence electrons. The topological polar surface area (TPSA) is 30.3 Å². The fourth-order valence-electron chi connectivity index (χ4n) is 1.75. The highest BCUT2D eigenvalue weighted by Gasteiger charge is 2.16. The highest BCUT2D eigenvalue weighted by atomic mass is 15.2. The number of aryl methyl sites for hydroxylation is 1. The lowest BCUT2D eigenvalue weighted by molar-refractivity contribution is 0.253. The number of rotatable bonds is 5. The van der Waals surface area contributed by atoms with E-state index >= 15 is 0 Å². The smallest absolute Gasteiger partial charge is 0.123 e. The number of benzene rings is 1. The van der Waals surface area contributed by atoms with E-state index in [4.69, 9.17) is 0 Å². The van der Waals surface area contributed by atoms with Gasteiger partial charge in [0, 0.05) is 13.1 Å². The zero-order valence-electron chi connectivity index (χ0n) is 11.1. The van der Waals surface area contributed by atoms with Gasteiger partial charge in [-0.15, -0.1) is 0 Å². The molecular formula is C14H21N3. The van der Waals surface area contributed by atoms with Crippen molar-refractivity contribution < 1.29 is 0 Å². The molecule has 0 amide bonds. The van der Waals surface area contributed by atoms with Crippen LogP contribution in [0.3, 0.4) is 0 Å². The summed E-state index contributed by atoms with van der Waals surface area (Å²) in [6.45, 7) is 3.90. The van der Waals surface area contributed by atoms with Gasteiger partial charge >= 0.3 is 0 Å². The Bertz CT molecular complexity index is 393. The first-order valence-corrected chi connectivity index (χ1v) is 5.85. The van der Waals surface area contributed by atoms with Gasteiger partial charge in [-0.25, -0.2) is 0 Å². The van der Waals surface area contributed by atoms with Crippen molar-refractivity contribution >= 4 is 0 Å². The lowest BCUT2D eigenvalue weighted by atomic mass is 10.0. The monoisotopic (exact) mass is 231 g/mol. The molecule has 1 aromatic carbocycles. The van der Waals surface area contributed by atoms with E-state index in [1.165, 1.54) is 5.56 Å². The van der Waals surface area contributed by atoms with E-state index in [1.54, 1.807) is 0 Å². The standard InChI is InChI=1S/C14H21N3/c1-12-6-5-7-13(10-12)14(11-15)17(4)9-8-16(2)3/h5-7,10,14H,8-9H2,1-4H3. The summed E-state index contributed by atoms with van der Waals surface area (Å²) >= 11 is 0. The second kappa shape index (κ2) is 6.39. The number of hydrogen-bond donors (Lipinski definition) is 0. The van der Waals surface area contributed by atoms with Crippen LogP contribution in [-0.2, 0) is 0 Å². The maximum absolute atomic E-state index is 9.30. The molecule has 17 heavy (non-hydrogen) atoms. The highest BCUT2D eigenvalue weighted by molar-refractivity contribution is 5.28. The average molecular weight is 231 g/mol. The molecule has 1 rings (SSSR count). The molecule has 1 unspecified atom stereocenters. The molecule has 0 aliphatic rings. The van der Waals surface area contributed by atoms with Gasteiger partial charge in [-0.1, -0.05) is 29.8 Å². The third-order valence-electron chi connectivity index (χ3n) is 2.82. The van der Waals surface area contributed by atoms with Crippen molar-refractivity contribution in [1.82, 2.24) is 9.80 Å². The molecule has 0 aliphatic carbocycles. The second-order valence-electron chi connectivity index (χ2n) is 4.73. The van der Waals surface area contributed by atoms with Gasteiger partial charge in [0.2, 0.25) is 0 Å². The van der Waals surface area contributed by atoms with Crippen molar-refractivity contribution in [2.45, 2.75) is 13.0 Å². The number of nitriles is 1. The summed E-state index contributed by atoms with van der Waals surface area (Å²) < 4.78 is 0. The second-order valence-corrected chi connectivity index (χ2v) is 4.73. The Morgan fingerprint density at radius 1 is 1.24 bits per heavy atom. The molecule has 1 aromatic rings. The van der Waals surface area contributed by atoms with Crippen LogP contribution in [0.25, 0.3) is 0 Å². The van der Waals surface area contributed by atoms with Crippen LogP contribution in [0.5, 0.6) is 0 Å². The van der Waals surface area contributed by atoms with Crippen molar-refractivity contribution in [1.29, 1.82) is 5.26 Å². The van der Waals surface area contributed by atoms with Crippen LogP contribution in [0.15, 0.2) is 24.3 Å². The minimum absolute atomic E-state index is 0.158. The first-order chi connectivity index (χ1) is 8.04. The lowest BCUT2D eigenvalue weighted by Gasteiger charge is -2.24. The Hall–Kier alpha value is -1.37. The van der Waals surface area contributed by atoms with Gasteiger partial charge in [0.1, 0.15) is 6.04 Å². The predicted molar refractivity (Wildman–Crippen MR) is 70.7 cm³/mol. The van der Waals surface area contributed by atoms with E-state index in [1.807, 2.05) is 33.3 Å². The fraction of sp³-hybridized carbons (Fsp3) is 0.500. The third kappa shape index (κ3) is 4.18. The average Bonchev–Trinajstić information content (AvgIpc) is 2.27. The predicted octanol–water partition coefficient (Wildman–Crippen LogP) is 2.05. The molecule has 3 nitrogen and oxygen atoms in total. The van der Waals surface area contributed by atoms with Gasteiger partial charge < -0.3 is 4.90 Å². The van der Waals surface area contributed by atoms with E-state index < -0.39 is 0 Å². The molecule has 0 bridgehead atoms. The summed E-state index contributed by atoms with van der Waals surface area (Å²) in [5.41, 5.74) is 2.28. The molecule has 0 heterocycles. The number of hydrogen-bond acceptors (Lipinski definition) is 3. The molecular weight excluding hydrogens is 210 g/mol. The van der Waals surface area contributed by atoms with Gasteiger partial charge in [-0.2, -0.15) is 5.26 Å². The summed E-state index contributed by atoms with van der Waals surface area (Å²) in [4.78, 5) is 4.22. The van der Waals surface area contributed by atoms with Gasteiger partial charge in [0.25, 0.3) is 0 Å². The summed E-state index contributed by atoms with van der Waals surface area (Å²) in [6.07, 6.45) is 0. The zero-order valence-corrected chi connectivity index (χ0v) is 11.1. The molecule has 0 spiro atoms. The van der Waals surface area contributed by atoms with E-state index in [0.717, 1.165) is 18.7 Å². The minimum Gasteiger partial charge on any atom is -0.308 e. The molecule has 1 atom stereocenters. The van der Waals surface area contributed by atoms with Crippen LogP contribution >= 0.6 is 0 Å². The SMILES string of the molecule is Cc1cccc(C(C#N)N(C)CCN(C)C)c1. The van der Waals surface area contributed by atoms with Crippen LogP contribution < -0.4 is 0 Å². The quantitative estimate of drug-likeness (QED) is 0.777. The van der Waals surface area contributed by atoms with E-state index in [2.05, 4.69) is 34.9 Å². The van der Waals surface area contributed by atoms with Gasteiger partial charge in [0.15, 0.2) is 0 Å². The highest BCUT2D eigenvalue weighted by Crippen LogP contribution is 2.19. The first-order valence-electron chi connectivity index (χ1n) is 5.85. The summed E-state index contributed by atoms with van der Waals surface area (Å²) in [7, 11) is 6.09. The van der Waals surface area contributed by atoms with Crippen molar-refractivity contribution in [3.05, 3.63) is 35.4 Å². The summed E-state index contributed by atoms with van der Waals surface area (Å²) in [5, 5.41) is 9.30. The molecule has 0 aliphatic heterocycles. The van der Waals surface area contributed by atoms with Gasteiger partial charge in [0.05, 0.1) is 6.07 Å². The van der Waals surface area contributed by atoms with E-state index in [-0.39, 0.29) is 6.04 Å². The Labute approximate surface area is 104 Å². The van der Waals surface area contributed by atoms with Crippen LogP contribution in [0.4, 0.5) is 0 Å². The summed E-state index contributed by atoms with van der Waals surface area (Å²) in [5.74, 6) is 0. The lowest BCUT2D eigenvalue weighted by Crippen LogP contribution is -2.31. The molecule has 0 aromatic heterocycles. The first kappa shape index (κ1) is 13.7. The van der Waals surface area contributed by atoms with Crippen molar-refractivity contribution in [3.8, 4) is 6.07 Å². The fourth-order valence-corrected chi connectivity index (χ4v) is 1.75. The Balaban J connectivity index is 2.75. The van der Waals surface area contributed by atoms with Crippen LogP contribution in [0.2, 0.25) is 0 Å². The van der Waals surface area contributed by atoms with Gasteiger partial charge in [-0.05, 0) is 33.6 Å². The largest absolute Gasteiger partial charge is 0.308 e. The third-order valence-corrected chi connectivity index (χ3v) is 2.82. The Kier molecular flexibility index (Phi) is 5.14. The Morgan fingerprint density at radius 3 is 2.47 bits per heavy atom. The van der Waals surface area contributed by atoms with Crippen LogP contribution in [0.1, 0.15) is 17.2 Å². The van der Waals surface area contributed by atoms with Crippen molar-refractivity contribution in [2.75, 3.05) is 34.2 Å². The number of likely N-dealkylation sites (N-methyl/N-ethyl adjacent to an activating group) is 2. The molecule has 0 N–H and O–H groups in total. The molecule has 0 radical (unpaired) electrons. The molecule has 3 heteroatoms. The molecule has 0 saturated carbocycles. The van der Waals surface area contributed by atoms with Gasteiger partial charge in [-0.3, -0.25) is 4.90 Å².